The van der Waals surface area contributed by atoms with Crippen molar-refractivity contribution in [2.24, 2.45) is 0 Å². The average Bonchev–Trinajstić information content (AvgIpc) is 2.91. The summed E-state index contributed by atoms with van der Waals surface area (Å²) >= 11 is 0. The lowest BCUT2D eigenvalue weighted by Gasteiger charge is -2.22. The molecule has 7 nitrogen and oxygen atoms in total. The summed E-state index contributed by atoms with van der Waals surface area (Å²) in [6, 6.07) is 9.38. The third kappa shape index (κ3) is 3.01. The van der Waals surface area contributed by atoms with E-state index in [0.29, 0.717) is 18.5 Å². The van der Waals surface area contributed by atoms with Crippen molar-refractivity contribution < 1.29 is 9.94 Å². The van der Waals surface area contributed by atoms with Crippen LogP contribution in [0.2, 0.25) is 0 Å². The number of rotatable bonds is 4. The molecule has 1 aliphatic rings. The highest BCUT2D eigenvalue weighted by atomic mass is 16.7. The smallest absolute Gasteiger partial charge is 0.325 e. The summed E-state index contributed by atoms with van der Waals surface area (Å²) in [6.45, 7) is 0.365. The zero-order chi connectivity index (χ0) is 15.5. The van der Waals surface area contributed by atoms with Crippen molar-refractivity contribution in [3.63, 3.8) is 0 Å². The standard InChI is InChI=1S/C15H17N3O4/c19-9-11-6-13(12-7-16-15(21)17-14(12)20)18(22-11)8-10-4-2-1-3-5-10/h1-5,7,11,13,19H,6,8-9H2,(H2,16,17,20,21)/t11-,13+/m1/s1. The van der Waals surface area contributed by atoms with E-state index in [1.54, 1.807) is 5.06 Å². The second-order valence-corrected chi connectivity index (χ2v) is 5.25. The minimum absolute atomic E-state index is 0.122. The van der Waals surface area contributed by atoms with Crippen LogP contribution in [0.25, 0.3) is 0 Å². The third-order valence-electron chi connectivity index (χ3n) is 3.71. The number of aliphatic hydroxyl groups excluding tert-OH is 1. The topological polar surface area (TPSA) is 98.4 Å². The Morgan fingerprint density at radius 3 is 2.73 bits per heavy atom. The fraction of sp³-hybridized carbons (Fsp3) is 0.333. The Labute approximate surface area is 126 Å². The average molecular weight is 303 g/mol. The van der Waals surface area contributed by atoms with Gasteiger partial charge in [-0.05, 0) is 5.56 Å². The molecule has 1 aromatic carbocycles. The quantitative estimate of drug-likeness (QED) is 0.755. The summed E-state index contributed by atoms with van der Waals surface area (Å²) in [6.07, 6.45) is 1.53. The van der Waals surface area contributed by atoms with Gasteiger partial charge in [0, 0.05) is 19.2 Å². The molecule has 1 saturated heterocycles. The fourth-order valence-corrected chi connectivity index (χ4v) is 2.64. The molecule has 2 atom stereocenters. The van der Waals surface area contributed by atoms with Gasteiger partial charge in [-0.25, -0.2) is 4.79 Å². The number of hydrogen-bond acceptors (Lipinski definition) is 5. The number of aliphatic hydroxyl groups is 1. The minimum Gasteiger partial charge on any atom is -0.394 e. The Balaban J connectivity index is 1.89. The van der Waals surface area contributed by atoms with Gasteiger partial charge >= 0.3 is 5.69 Å². The van der Waals surface area contributed by atoms with Crippen LogP contribution in [-0.4, -0.2) is 32.8 Å². The van der Waals surface area contributed by atoms with E-state index in [1.807, 2.05) is 30.3 Å². The van der Waals surface area contributed by atoms with Crippen molar-refractivity contribution in [3.05, 3.63) is 68.5 Å². The molecular weight excluding hydrogens is 286 g/mol. The summed E-state index contributed by atoms with van der Waals surface area (Å²) in [5.41, 5.74) is 0.480. The zero-order valence-corrected chi connectivity index (χ0v) is 11.9. The zero-order valence-electron chi connectivity index (χ0n) is 11.9. The van der Waals surface area contributed by atoms with Gasteiger partial charge in [-0.3, -0.25) is 14.6 Å². The Kier molecular flexibility index (Phi) is 4.19. The molecule has 1 aromatic heterocycles. The van der Waals surface area contributed by atoms with Gasteiger partial charge in [-0.1, -0.05) is 30.3 Å². The van der Waals surface area contributed by atoms with E-state index in [0.717, 1.165) is 5.56 Å². The summed E-state index contributed by atoms with van der Waals surface area (Å²) in [5, 5.41) is 11.0. The van der Waals surface area contributed by atoms with Crippen LogP contribution in [0.3, 0.4) is 0 Å². The number of nitrogens with one attached hydrogen (secondary N) is 2. The van der Waals surface area contributed by atoms with Crippen LogP contribution in [0.15, 0.2) is 46.1 Å². The molecule has 2 heterocycles. The lowest BCUT2D eigenvalue weighted by atomic mass is 10.0. The Morgan fingerprint density at radius 1 is 1.27 bits per heavy atom. The first-order valence-electron chi connectivity index (χ1n) is 7.07. The molecule has 0 bridgehead atoms. The number of H-pyrrole nitrogens is 2. The number of benzene rings is 1. The lowest BCUT2D eigenvalue weighted by molar-refractivity contribution is -0.178. The van der Waals surface area contributed by atoms with E-state index >= 15 is 0 Å². The van der Waals surface area contributed by atoms with Gasteiger partial charge in [0.15, 0.2) is 0 Å². The molecule has 0 saturated carbocycles. The van der Waals surface area contributed by atoms with E-state index in [2.05, 4.69) is 9.97 Å². The predicted octanol–water partition coefficient (Wildman–Crippen LogP) is 0.303. The molecule has 22 heavy (non-hydrogen) atoms. The maximum absolute atomic E-state index is 12.0. The van der Waals surface area contributed by atoms with E-state index in [9.17, 15) is 14.7 Å². The largest absolute Gasteiger partial charge is 0.394 e. The van der Waals surface area contributed by atoms with E-state index in [1.165, 1.54) is 6.20 Å². The highest BCUT2D eigenvalue weighted by molar-refractivity contribution is 5.16. The third-order valence-corrected chi connectivity index (χ3v) is 3.71. The van der Waals surface area contributed by atoms with Gasteiger partial charge in [0.05, 0.1) is 18.2 Å². The molecule has 1 fully saturated rings. The second kappa shape index (κ2) is 6.27. The first kappa shape index (κ1) is 14.7. The number of hydrogen-bond donors (Lipinski definition) is 3. The Bertz CT molecular complexity index is 740. The normalized spacial score (nSPS) is 22.0. The van der Waals surface area contributed by atoms with Crippen LogP contribution in [-0.2, 0) is 11.4 Å². The van der Waals surface area contributed by atoms with E-state index in [4.69, 9.17) is 4.84 Å². The van der Waals surface area contributed by atoms with E-state index in [-0.39, 0.29) is 18.8 Å². The molecule has 0 aliphatic carbocycles. The van der Waals surface area contributed by atoms with Crippen molar-refractivity contribution >= 4 is 0 Å². The molecular formula is C15H17N3O4. The highest BCUT2D eigenvalue weighted by Crippen LogP contribution is 2.33. The maximum atomic E-state index is 12.0. The summed E-state index contributed by atoms with van der Waals surface area (Å²) in [4.78, 5) is 33.6. The molecule has 116 valence electrons. The van der Waals surface area contributed by atoms with Crippen LogP contribution in [0.4, 0.5) is 0 Å². The van der Waals surface area contributed by atoms with Crippen LogP contribution in [0.1, 0.15) is 23.6 Å². The van der Waals surface area contributed by atoms with Gasteiger partial charge in [-0.15, -0.1) is 0 Å². The number of hydroxylamine groups is 2. The molecule has 0 unspecified atom stereocenters. The van der Waals surface area contributed by atoms with E-state index < -0.39 is 11.2 Å². The second-order valence-electron chi connectivity index (χ2n) is 5.25. The van der Waals surface area contributed by atoms with Crippen molar-refractivity contribution in [1.82, 2.24) is 15.0 Å². The minimum atomic E-state index is -0.541. The van der Waals surface area contributed by atoms with Crippen LogP contribution in [0.5, 0.6) is 0 Å². The molecule has 7 heteroatoms. The number of aromatic nitrogens is 2. The van der Waals surface area contributed by atoms with Crippen LogP contribution >= 0.6 is 0 Å². The Hall–Kier alpha value is -2.22. The van der Waals surface area contributed by atoms with Gasteiger partial charge in [0.2, 0.25) is 0 Å². The molecule has 0 spiro atoms. The van der Waals surface area contributed by atoms with Crippen molar-refractivity contribution in [3.8, 4) is 0 Å². The van der Waals surface area contributed by atoms with Gasteiger partial charge in [-0.2, -0.15) is 5.06 Å². The summed E-state index contributed by atoms with van der Waals surface area (Å²) in [7, 11) is 0. The lowest BCUT2D eigenvalue weighted by Crippen LogP contribution is -2.31. The van der Waals surface area contributed by atoms with Crippen LogP contribution < -0.4 is 11.2 Å². The Morgan fingerprint density at radius 2 is 2.05 bits per heavy atom. The van der Waals surface area contributed by atoms with Gasteiger partial charge in [0.25, 0.3) is 5.56 Å². The molecule has 0 amide bonds. The molecule has 1 aliphatic heterocycles. The van der Waals surface area contributed by atoms with Crippen molar-refractivity contribution in [2.75, 3.05) is 6.61 Å². The van der Waals surface area contributed by atoms with Crippen LogP contribution in [0, 0.1) is 0 Å². The summed E-state index contributed by atoms with van der Waals surface area (Å²) < 4.78 is 0. The highest BCUT2D eigenvalue weighted by Gasteiger charge is 2.35. The predicted molar refractivity (Wildman–Crippen MR) is 79.0 cm³/mol. The van der Waals surface area contributed by atoms with Crippen molar-refractivity contribution in [1.29, 1.82) is 0 Å². The molecule has 3 rings (SSSR count). The maximum Gasteiger partial charge on any atom is 0.325 e. The first-order valence-corrected chi connectivity index (χ1v) is 7.07. The number of nitrogens with zero attached hydrogens (tertiary/aromatic N) is 1. The molecule has 0 radical (unpaired) electrons. The van der Waals surface area contributed by atoms with Gasteiger partial charge in [0.1, 0.15) is 6.10 Å². The molecule has 3 N–H and O–H groups in total. The SMILES string of the molecule is O=c1[nH]cc([C@@H]2C[C@H](CO)ON2Cc2ccccc2)c(=O)[nH]1. The fourth-order valence-electron chi connectivity index (χ4n) is 2.64. The molecule has 2 aromatic rings. The first-order chi connectivity index (χ1) is 10.7. The van der Waals surface area contributed by atoms with Crippen molar-refractivity contribution in [2.45, 2.75) is 25.1 Å². The monoisotopic (exact) mass is 303 g/mol. The summed E-state index contributed by atoms with van der Waals surface area (Å²) in [5.74, 6) is 0. The van der Waals surface area contributed by atoms with Gasteiger partial charge < -0.3 is 10.1 Å². The number of aromatic amines is 2.